The van der Waals surface area contributed by atoms with Crippen molar-refractivity contribution in [1.82, 2.24) is 4.90 Å². The number of nitrogens with one attached hydrogen (secondary N) is 1. The standard InChI is InChI=1S/C19H24N2O3/c1-13-5-4-10-21(12-13)18(24)19(8-9-19)17(23)20-16-7-3-6-15(11-16)14(2)22/h3,6-7,11,13H,4-5,8-10,12H2,1-2H3,(H,20,23). The van der Waals surface area contributed by atoms with Crippen molar-refractivity contribution in [2.24, 2.45) is 11.3 Å². The van der Waals surface area contributed by atoms with E-state index >= 15 is 0 Å². The van der Waals surface area contributed by atoms with Crippen LogP contribution in [0.5, 0.6) is 0 Å². The summed E-state index contributed by atoms with van der Waals surface area (Å²) in [7, 11) is 0. The fourth-order valence-electron chi connectivity index (χ4n) is 3.41. The van der Waals surface area contributed by atoms with Gasteiger partial charge >= 0.3 is 0 Å². The van der Waals surface area contributed by atoms with E-state index in [0.29, 0.717) is 30.0 Å². The third-order valence-corrected chi connectivity index (χ3v) is 5.07. The molecule has 3 rings (SSSR count). The van der Waals surface area contributed by atoms with E-state index in [1.807, 2.05) is 4.90 Å². The lowest BCUT2D eigenvalue weighted by atomic mass is 9.96. The molecule has 0 aromatic heterocycles. The van der Waals surface area contributed by atoms with Gasteiger partial charge in [-0.1, -0.05) is 19.1 Å². The molecular formula is C19H24N2O3. The molecule has 5 nitrogen and oxygen atoms in total. The van der Waals surface area contributed by atoms with Crippen LogP contribution in [0.2, 0.25) is 0 Å². The van der Waals surface area contributed by atoms with Gasteiger partial charge in [0.05, 0.1) is 0 Å². The van der Waals surface area contributed by atoms with Crippen molar-refractivity contribution in [2.45, 2.75) is 39.5 Å². The van der Waals surface area contributed by atoms with Crippen LogP contribution in [0.3, 0.4) is 0 Å². The van der Waals surface area contributed by atoms with Crippen molar-refractivity contribution in [2.75, 3.05) is 18.4 Å². The van der Waals surface area contributed by atoms with Gasteiger partial charge in [-0.3, -0.25) is 14.4 Å². The lowest BCUT2D eigenvalue weighted by Gasteiger charge is -2.33. The number of likely N-dealkylation sites (tertiary alicyclic amines) is 1. The van der Waals surface area contributed by atoms with E-state index < -0.39 is 5.41 Å². The lowest BCUT2D eigenvalue weighted by Crippen LogP contribution is -2.46. The van der Waals surface area contributed by atoms with Crippen LogP contribution in [0.1, 0.15) is 49.9 Å². The summed E-state index contributed by atoms with van der Waals surface area (Å²) in [4.78, 5) is 38.9. The second-order valence-corrected chi connectivity index (χ2v) is 7.17. The molecule has 0 bridgehead atoms. The molecule has 1 atom stereocenters. The fourth-order valence-corrected chi connectivity index (χ4v) is 3.41. The summed E-state index contributed by atoms with van der Waals surface area (Å²) >= 11 is 0. The molecule has 1 heterocycles. The molecule has 1 saturated carbocycles. The quantitative estimate of drug-likeness (QED) is 0.683. The molecular weight excluding hydrogens is 304 g/mol. The van der Waals surface area contributed by atoms with E-state index in [-0.39, 0.29) is 17.6 Å². The van der Waals surface area contributed by atoms with Crippen LogP contribution < -0.4 is 5.32 Å². The maximum absolute atomic E-state index is 12.8. The predicted molar refractivity (Wildman–Crippen MR) is 91.7 cm³/mol. The zero-order chi connectivity index (χ0) is 17.3. The third-order valence-electron chi connectivity index (χ3n) is 5.07. The highest BCUT2D eigenvalue weighted by Gasteiger charge is 2.58. The number of anilines is 1. The van der Waals surface area contributed by atoms with Crippen LogP contribution >= 0.6 is 0 Å². The number of ketones is 1. The van der Waals surface area contributed by atoms with Gasteiger partial charge < -0.3 is 10.2 Å². The molecule has 1 aromatic rings. The normalized spacial score (nSPS) is 21.9. The van der Waals surface area contributed by atoms with Crippen LogP contribution in [-0.2, 0) is 9.59 Å². The van der Waals surface area contributed by atoms with Gasteiger partial charge in [0.2, 0.25) is 11.8 Å². The van der Waals surface area contributed by atoms with E-state index in [1.165, 1.54) is 6.92 Å². The van der Waals surface area contributed by atoms with Gasteiger partial charge in [-0.05, 0) is 50.7 Å². The molecule has 2 fully saturated rings. The summed E-state index contributed by atoms with van der Waals surface area (Å²) in [5.41, 5.74) is 0.219. The molecule has 24 heavy (non-hydrogen) atoms. The van der Waals surface area contributed by atoms with Gasteiger partial charge in [0.25, 0.3) is 0 Å². The summed E-state index contributed by atoms with van der Waals surface area (Å²) in [6, 6.07) is 6.85. The molecule has 128 valence electrons. The molecule has 2 aliphatic rings. The maximum Gasteiger partial charge on any atom is 0.240 e. The Balaban J connectivity index is 1.71. The number of hydrogen-bond acceptors (Lipinski definition) is 3. The Morgan fingerprint density at radius 3 is 2.62 bits per heavy atom. The number of hydrogen-bond donors (Lipinski definition) is 1. The summed E-state index contributed by atoms with van der Waals surface area (Å²) in [6.45, 7) is 5.13. The van der Waals surface area contributed by atoms with Gasteiger partial charge in [-0.25, -0.2) is 0 Å². The molecule has 1 saturated heterocycles. The number of Topliss-reactive ketones (excluding diaryl/α,β-unsaturated/α-hetero) is 1. The Bertz CT molecular complexity index is 679. The molecule has 1 aliphatic heterocycles. The van der Waals surface area contributed by atoms with Crippen LogP contribution in [0.25, 0.3) is 0 Å². The average Bonchev–Trinajstić information content (AvgIpc) is 3.36. The van der Waals surface area contributed by atoms with Gasteiger partial charge in [-0.15, -0.1) is 0 Å². The molecule has 1 aliphatic carbocycles. The Morgan fingerprint density at radius 1 is 1.25 bits per heavy atom. The summed E-state index contributed by atoms with van der Waals surface area (Å²) in [5.74, 6) is 0.167. The largest absolute Gasteiger partial charge is 0.342 e. The zero-order valence-electron chi connectivity index (χ0n) is 14.3. The van der Waals surface area contributed by atoms with E-state index in [9.17, 15) is 14.4 Å². The first-order valence-corrected chi connectivity index (χ1v) is 8.64. The SMILES string of the molecule is CC(=O)c1cccc(NC(=O)C2(C(=O)N3CCCC(C)C3)CC2)c1. The highest BCUT2D eigenvalue weighted by atomic mass is 16.2. The summed E-state index contributed by atoms with van der Waals surface area (Å²) in [6.07, 6.45) is 3.36. The first kappa shape index (κ1) is 16.7. The van der Waals surface area contributed by atoms with Gasteiger partial charge in [0.15, 0.2) is 5.78 Å². The van der Waals surface area contributed by atoms with Crippen molar-refractivity contribution in [1.29, 1.82) is 0 Å². The second-order valence-electron chi connectivity index (χ2n) is 7.17. The van der Waals surface area contributed by atoms with Crippen molar-refractivity contribution < 1.29 is 14.4 Å². The topological polar surface area (TPSA) is 66.5 Å². The van der Waals surface area contributed by atoms with Crippen LogP contribution in [0.4, 0.5) is 5.69 Å². The predicted octanol–water partition coefficient (Wildman–Crippen LogP) is 2.87. The number of amides is 2. The smallest absolute Gasteiger partial charge is 0.240 e. The summed E-state index contributed by atoms with van der Waals surface area (Å²) < 4.78 is 0. The van der Waals surface area contributed by atoms with E-state index in [4.69, 9.17) is 0 Å². The maximum atomic E-state index is 12.8. The van der Waals surface area contributed by atoms with Crippen molar-refractivity contribution in [3.8, 4) is 0 Å². The minimum atomic E-state index is -0.900. The average molecular weight is 328 g/mol. The first-order valence-electron chi connectivity index (χ1n) is 8.64. The van der Waals surface area contributed by atoms with Crippen molar-refractivity contribution in [3.05, 3.63) is 29.8 Å². The Kier molecular flexibility index (Phi) is 4.43. The second kappa shape index (κ2) is 6.38. The lowest BCUT2D eigenvalue weighted by molar-refractivity contribution is -0.143. The number of rotatable bonds is 4. The Hall–Kier alpha value is -2.17. The van der Waals surface area contributed by atoms with Gasteiger partial charge in [0, 0.05) is 24.3 Å². The monoisotopic (exact) mass is 328 g/mol. The molecule has 2 amide bonds. The number of piperidine rings is 1. The van der Waals surface area contributed by atoms with Crippen LogP contribution in [0.15, 0.2) is 24.3 Å². The van der Waals surface area contributed by atoms with E-state index in [2.05, 4.69) is 12.2 Å². The Labute approximate surface area is 142 Å². The van der Waals surface area contributed by atoms with E-state index in [0.717, 1.165) is 25.9 Å². The number of carbonyl (C=O) groups is 3. The molecule has 1 N–H and O–H groups in total. The molecule has 1 aromatic carbocycles. The Morgan fingerprint density at radius 2 is 2.00 bits per heavy atom. The van der Waals surface area contributed by atoms with Crippen molar-refractivity contribution >= 4 is 23.3 Å². The molecule has 0 spiro atoms. The minimum absolute atomic E-state index is 0.0331. The van der Waals surface area contributed by atoms with Gasteiger partial charge in [-0.2, -0.15) is 0 Å². The zero-order valence-corrected chi connectivity index (χ0v) is 14.3. The van der Waals surface area contributed by atoms with Crippen molar-refractivity contribution in [3.63, 3.8) is 0 Å². The van der Waals surface area contributed by atoms with Crippen LogP contribution in [-0.4, -0.2) is 35.6 Å². The summed E-state index contributed by atoms with van der Waals surface area (Å²) in [5, 5.41) is 2.83. The number of carbonyl (C=O) groups excluding carboxylic acids is 3. The highest BCUT2D eigenvalue weighted by Crippen LogP contribution is 2.48. The fraction of sp³-hybridized carbons (Fsp3) is 0.526. The highest BCUT2D eigenvalue weighted by molar-refractivity contribution is 6.13. The minimum Gasteiger partial charge on any atom is -0.342 e. The van der Waals surface area contributed by atoms with Gasteiger partial charge in [0.1, 0.15) is 5.41 Å². The molecule has 0 radical (unpaired) electrons. The van der Waals surface area contributed by atoms with Crippen LogP contribution in [0, 0.1) is 11.3 Å². The molecule has 1 unspecified atom stereocenters. The third kappa shape index (κ3) is 3.21. The number of nitrogens with zero attached hydrogens (tertiary/aromatic N) is 1. The number of benzene rings is 1. The first-order chi connectivity index (χ1) is 11.4. The molecule has 5 heteroatoms. The van der Waals surface area contributed by atoms with E-state index in [1.54, 1.807) is 24.3 Å².